The van der Waals surface area contributed by atoms with Crippen molar-refractivity contribution in [2.45, 2.75) is 57.2 Å². The molecule has 2 amide bonds. The van der Waals surface area contributed by atoms with Gasteiger partial charge < -0.3 is 15.7 Å². The molecule has 132 valence electrons. The van der Waals surface area contributed by atoms with Crippen LogP contribution in [0.4, 0.5) is 4.79 Å². The number of nitrogens with one attached hydrogen (secondary N) is 2. The number of aliphatic hydroxyl groups excluding tert-OH is 1. The molecule has 1 atom stereocenters. The van der Waals surface area contributed by atoms with Crippen molar-refractivity contribution in [3.63, 3.8) is 0 Å². The van der Waals surface area contributed by atoms with E-state index in [1.54, 1.807) is 0 Å². The molecule has 5 nitrogen and oxygen atoms in total. The van der Waals surface area contributed by atoms with Crippen LogP contribution in [0.3, 0.4) is 0 Å². The Balaban J connectivity index is 1.47. The molecule has 0 aromatic heterocycles. The van der Waals surface area contributed by atoms with Gasteiger partial charge in [-0.15, -0.1) is 0 Å². The predicted octanol–water partition coefficient (Wildman–Crippen LogP) is 2.04. The van der Waals surface area contributed by atoms with Gasteiger partial charge in [0.25, 0.3) is 0 Å². The van der Waals surface area contributed by atoms with E-state index in [2.05, 4.69) is 46.7 Å². The smallest absolute Gasteiger partial charge is 0.315 e. The number of carbonyl (C=O) groups excluding carboxylic acids is 1. The summed E-state index contributed by atoms with van der Waals surface area (Å²) in [7, 11) is 0. The minimum Gasteiger partial charge on any atom is -0.394 e. The van der Waals surface area contributed by atoms with Gasteiger partial charge in [-0.25, -0.2) is 4.79 Å². The van der Waals surface area contributed by atoms with Crippen LogP contribution in [-0.4, -0.2) is 47.3 Å². The highest BCUT2D eigenvalue weighted by molar-refractivity contribution is 5.74. The number of hydrogen-bond donors (Lipinski definition) is 3. The number of carbonyl (C=O) groups is 1. The van der Waals surface area contributed by atoms with Crippen LogP contribution < -0.4 is 10.6 Å². The van der Waals surface area contributed by atoms with Crippen molar-refractivity contribution in [3.05, 3.63) is 35.4 Å². The topological polar surface area (TPSA) is 64.6 Å². The van der Waals surface area contributed by atoms with Gasteiger partial charge in [0.2, 0.25) is 0 Å². The van der Waals surface area contributed by atoms with Crippen molar-refractivity contribution >= 4 is 6.03 Å². The quantitative estimate of drug-likeness (QED) is 0.774. The Bertz CT molecular complexity index is 569. The second kappa shape index (κ2) is 7.53. The summed E-state index contributed by atoms with van der Waals surface area (Å²) in [5.41, 5.74) is 2.43. The Kier molecular flexibility index (Phi) is 5.41. The second-order valence-electron chi connectivity index (χ2n) is 7.32. The van der Waals surface area contributed by atoms with Crippen molar-refractivity contribution in [2.75, 3.05) is 19.7 Å². The third kappa shape index (κ3) is 3.90. The highest BCUT2D eigenvalue weighted by Gasteiger charge is 2.34. The van der Waals surface area contributed by atoms with Crippen LogP contribution in [-0.2, 0) is 13.0 Å². The lowest BCUT2D eigenvalue weighted by Gasteiger charge is -2.34. The molecular formula is C19H29N3O2. The van der Waals surface area contributed by atoms with Crippen molar-refractivity contribution in [3.8, 4) is 0 Å². The number of urea groups is 1. The molecule has 1 aromatic rings. The minimum atomic E-state index is -0.405. The first kappa shape index (κ1) is 17.2. The lowest BCUT2D eigenvalue weighted by Crippen LogP contribution is -2.54. The van der Waals surface area contributed by atoms with Gasteiger partial charge in [-0.3, -0.25) is 4.90 Å². The summed E-state index contributed by atoms with van der Waals surface area (Å²) < 4.78 is 0. The molecule has 0 radical (unpaired) electrons. The molecule has 1 unspecified atom stereocenters. The van der Waals surface area contributed by atoms with Crippen molar-refractivity contribution < 1.29 is 9.90 Å². The summed E-state index contributed by atoms with van der Waals surface area (Å²) in [5.74, 6) is 0. The number of fused-ring (bicyclic) bond motifs is 1. The lowest BCUT2D eigenvalue weighted by molar-refractivity contribution is 0.158. The number of nitrogens with zero attached hydrogens (tertiary/aromatic N) is 1. The van der Waals surface area contributed by atoms with Crippen LogP contribution in [0.25, 0.3) is 0 Å². The maximum absolute atomic E-state index is 12.2. The molecule has 24 heavy (non-hydrogen) atoms. The van der Waals surface area contributed by atoms with Crippen molar-refractivity contribution in [2.24, 2.45) is 0 Å². The summed E-state index contributed by atoms with van der Waals surface area (Å²) in [6.45, 7) is 4.78. The van der Waals surface area contributed by atoms with Gasteiger partial charge >= 0.3 is 6.03 Å². The third-order valence-electron chi connectivity index (χ3n) is 5.58. The van der Waals surface area contributed by atoms with Crippen LogP contribution in [0.1, 0.15) is 43.7 Å². The largest absolute Gasteiger partial charge is 0.394 e. The van der Waals surface area contributed by atoms with Gasteiger partial charge in [0.05, 0.1) is 12.1 Å². The third-order valence-corrected chi connectivity index (χ3v) is 5.58. The summed E-state index contributed by atoms with van der Waals surface area (Å²) in [6.07, 6.45) is 4.96. The van der Waals surface area contributed by atoms with Gasteiger partial charge in [-0.2, -0.15) is 0 Å². The molecular weight excluding hydrogens is 302 g/mol. The van der Waals surface area contributed by atoms with Crippen molar-refractivity contribution in [1.29, 1.82) is 0 Å². The zero-order chi connectivity index (χ0) is 17.0. The van der Waals surface area contributed by atoms with Gasteiger partial charge in [0, 0.05) is 25.7 Å². The molecule has 0 saturated heterocycles. The average Bonchev–Trinajstić information content (AvgIpc) is 3.08. The fourth-order valence-electron chi connectivity index (χ4n) is 3.92. The molecule has 1 aliphatic carbocycles. The zero-order valence-corrected chi connectivity index (χ0v) is 14.6. The van der Waals surface area contributed by atoms with Gasteiger partial charge in [0.15, 0.2) is 0 Å². The van der Waals surface area contributed by atoms with Crippen LogP contribution in [0, 0.1) is 0 Å². The number of aliphatic hydroxyl groups is 1. The number of amides is 2. The first-order chi connectivity index (χ1) is 11.6. The van der Waals surface area contributed by atoms with Crippen LogP contribution >= 0.6 is 0 Å². The molecule has 1 aromatic carbocycles. The van der Waals surface area contributed by atoms with Crippen LogP contribution in [0.5, 0.6) is 0 Å². The first-order valence-electron chi connectivity index (χ1n) is 9.10. The Morgan fingerprint density at radius 3 is 2.71 bits per heavy atom. The van der Waals surface area contributed by atoms with Crippen LogP contribution in [0.2, 0.25) is 0 Å². The first-order valence-corrected chi connectivity index (χ1v) is 9.10. The SMILES string of the molecule is CC(CNC(=O)NC1(CO)CCCC1)N1CCc2ccccc2C1. The molecule has 3 N–H and O–H groups in total. The van der Waals surface area contributed by atoms with Crippen LogP contribution in [0.15, 0.2) is 24.3 Å². The van der Waals surface area contributed by atoms with E-state index in [4.69, 9.17) is 0 Å². The summed E-state index contributed by atoms with van der Waals surface area (Å²) >= 11 is 0. The van der Waals surface area contributed by atoms with Gasteiger partial charge in [-0.1, -0.05) is 37.1 Å². The van der Waals surface area contributed by atoms with E-state index >= 15 is 0 Å². The molecule has 1 aliphatic heterocycles. The fourth-order valence-corrected chi connectivity index (χ4v) is 3.92. The molecule has 1 heterocycles. The molecule has 1 saturated carbocycles. The van der Waals surface area contributed by atoms with E-state index in [0.29, 0.717) is 6.54 Å². The lowest BCUT2D eigenvalue weighted by atomic mass is 9.99. The Hall–Kier alpha value is -1.59. The van der Waals surface area contributed by atoms with Gasteiger partial charge in [-0.05, 0) is 37.3 Å². The molecule has 2 aliphatic rings. The second-order valence-corrected chi connectivity index (χ2v) is 7.32. The highest BCUT2D eigenvalue weighted by Crippen LogP contribution is 2.28. The van der Waals surface area contributed by atoms with E-state index in [1.165, 1.54) is 11.1 Å². The predicted molar refractivity (Wildman–Crippen MR) is 94.8 cm³/mol. The molecule has 5 heteroatoms. The minimum absolute atomic E-state index is 0.0267. The normalized spacial score (nSPS) is 21.1. The monoisotopic (exact) mass is 331 g/mol. The fraction of sp³-hybridized carbons (Fsp3) is 0.632. The standard InChI is InChI=1S/C19H29N3O2/c1-15(22-11-8-16-6-2-3-7-17(16)13-22)12-20-18(24)21-19(14-23)9-4-5-10-19/h2-3,6-7,15,23H,4-5,8-14H2,1H3,(H2,20,21,24). The zero-order valence-electron chi connectivity index (χ0n) is 14.6. The van der Waals surface area contributed by atoms with Crippen molar-refractivity contribution in [1.82, 2.24) is 15.5 Å². The summed E-state index contributed by atoms with van der Waals surface area (Å²) in [6, 6.07) is 8.73. The van der Waals surface area contributed by atoms with E-state index in [-0.39, 0.29) is 18.7 Å². The number of benzene rings is 1. The highest BCUT2D eigenvalue weighted by atomic mass is 16.3. The summed E-state index contributed by atoms with van der Waals surface area (Å²) in [4.78, 5) is 14.6. The number of rotatable bonds is 5. The number of hydrogen-bond acceptors (Lipinski definition) is 3. The molecule has 0 bridgehead atoms. The Morgan fingerprint density at radius 1 is 1.29 bits per heavy atom. The maximum Gasteiger partial charge on any atom is 0.315 e. The molecule has 0 spiro atoms. The Labute approximate surface area is 144 Å². The summed E-state index contributed by atoms with van der Waals surface area (Å²) in [5, 5.41) is 15.6. The molecule has 1 fully saturated rings. The van der Waals surface area contributed by atoms with E-state index in [0.717, 1.165) is 45.2 Å². The van der Waals surface area contributed by atoms with E-state index in [9.17, 15) is 9.90 Å². The molecule has 3 rings (SSSR count). The van der Waals surface area contributed by atoms with E-state index in [1.807, 2.05) is 0 Å². The maximum atomic E-state index is 12.2. The van der Waals surface area contributed by atoms with E-state index < -0.39 is 5.54 Å². The Morgan fingerprint density at radius 2 is 2.00 bits per heavy atom. The van der Waals surface area contributed by atoms with Gasteiger partial charge in [0.1, 0.15) is 0 Å². The average molecular weight is 331 g/mol.